The Bertz CT molecular complexity index is 1060. The molecule has 2 heterocycles. The van der Waals surface area contributed by atoms with Crippen LogP contribution in [0.3, 0.4) is 0 Å². The van der Waals surface area contributed by atoms with E-state index in [1.807, 2.05) is 24.3 Å². The molecule has 0 saturated carbocycles. The molecule has 2 fully saturated rings. The molecule has 164 valence electrons. The van der Waals surface area contributed by atoms with E-state index in [0.717, 1.165) is 17.7 Å². The number of nitrogens with one attached hydrogen (secondary N) is 1. The molecule has 2 aliphatic rings. The first kappa shape index (κ1) is 21.5. The minimum Gasteiger partial charge on any atom is -0.379 e. The molecule has 31 heavy (non-hydrogen) atoms. The fourth-order valence-corrected chi connectivity index (χ4v) is 5.16. The SMILES string of the molecule is O=C(NCc1cccc(N2CCCC2=O)c1)c1ccc(S(=O)(=O)N2CCOCC2)cc1. The van der Waals surface area contributed by atoms with Gasteiger partial charge in [0.1, 0.15) is 0 Å². The van der Waals surface area contributed by atoms with Gasteiger partial charge in [0.25, 0.3) is 5.91 Å². The van der Waals surface area contributed by atoms with Gasteiger partial charge in [0.05, 0.1) is 18.1 Å². The lowest BCUT2D eigenvalue weighted by atomic mass is 10.1. The second-order valence-electron chi connectivity index (χ2n) is 7.54. The number of sulfonamides is 1. The quantitative estimate of drug-likeness (QED) is 0.734. The molecule has 1 N–H and O–H groups in total. The molecule has 4 rings (SSSR count). The summed E-state index contributed by atoms with van der Waals surface area (Å²) in [5, 5.41) is 2.85. The van der Waals surface area contributed by atoms with Crippen LogP contribution in [0, 0.1) is 0 Å². The molecule has 2 aromatic rings. The van der Waals surface area contributed by atoms with Crippen molar-refractivity contribution in [3.05, 3.63) is 59.7 Å². The summed E-state index contributed by atoms with van der Waals surface area (Å²) in [7, 11) is -3.59. The van der Waals surface area contributed by atoms with Crippen LogP contribution in [0.2, 0.25) is 0 Å². The third-order valence-corrected chi connectivity index (χ3v) is 7.39. The number of morpholine rings is 1. The van der Waals surface area contributed by atoms with Crippen molar-refractivity contribution < 1.29 is 22.7 Å². The molecule has 2 saturated heterocycles. The Morgan fingerprint density at radius 2 is 1.77 bits per heavy atom. The lowest BCUT2D eigenvalue weighted by Crippen LogP contribution is -2.40. The van der Waals surface area contributed by atoms with Crippen LogP contribution >= 0.6 is 0 Å². The van der Waals surface area contributed by atoms with Crippen molar-refractivity contribution in [2.45, 2.75) is 24.3 Å². The standard InChI is InChI=1S/C22H25N3O5S/c26-21-5-2-10-25(21)19-4-1-3-17(15-19)16-23-22(27)18-6-8-20(9-7-18)31(28,29)24-11-13-30-14-12-24/h1,3-4,6-9,15H,2,5,10-14,16H2,(H,23,27). The first-order chi connectivity index (χ1) is 14.9. The molecular formula is C22H25N3O5S. The van der Waals surface area contributed by atoms with E-state index in [4.69, 9.17) is 4.74 Å². The van der Waals surface area contributed by atoms with E-state index >= 15 is 0 Å². The van der Waals surface area contributed by atoms with Crippen molar-refractivity contribution in [2.24, 2.45) is 0 Å². The molecule has 2 aliphatic heterocycles. The highest BCUT2D eigenvalue weighted by molar-refractivity contribution is 7.89. The number of ether oxygens (including phenoxy) is 1. The highest BCUT2D eigenvalue weighted by atomic mass is 32.2. The van der Waals surface area contributed by atoms with Crippen LogP contribution in [0.5, 0.6) is 0 Å². The number of hydrogen-bond donors (Lipinski definition) is 1. The van der Waals surface area contributed by atoms with Gasteiger partial charge in [-0.05, 0) is 48.4 Å². The van der Waals surface area contributed by atoms with Gasteiger partial charge in [-0.2, -0.15) is 4.31 Å². The first-order valence-electron chi connectivity index (χ1n) is 10.3. The summed E-state index contributed by atoms with van der Waals surface area (Å²) in [6.07, 6.45) is 1.43. The second kappa shape index (κ2) is 9.17. The number of anilines is 1. The molecular weight excluding hydrogens is 418 g/mol. The average molecular weight is 444 g/mol. The number of rotatable bonds is 6. The van der Waals surface area contributed by atoms with Gasteiger partial charge in [-0.15, -0.1) is 0 Å². The minimum absolute atomic E-state index is 0.119. The van der Waals surface area contributed by atoms with Crippen molar-refractivity contribution >= 4 is 27.5 Å². The molecule has 0 aliphatic carbocycles. The maximum atomic E-state index is 12.7. The Morgan fingerprint density at radius 1 is 1.03 bits per heavy atom. The summed E-state index contributed by atoms with van der Waals surface area (Å²) in [4.78, 5) is 26.4. The number of hydrogen-bond acceptors (Lipinski definition) is 5. The zero-order valence-electron chi connectivity index (χ0n) is 17.1. The molecule has 0 aromatic heterocycles. The molecule has 0 atom stereocenters. The summed E-state index contributed by atoms with van der Waals surface area (Å²) < 4.78 is 32.0. The Balaban J connectivity index is 1.39. The van der Waals surface area contributed by atoms with Gasteiger partial charge in [-0.1, -0.05) is 12.1 Å². The van der Waals surface area contributed by atoms with Crippen LogP contribution in [-0.4, -0.2) is 57.4 Å². The number of amides is 2. The molecule has 9 heteroatoms. The normalized spacial score (nSPS) is 17.7. The van der Waals surface area contributed by atoms with E-state index < -0.39 is 10.0 Å². The topological polar surface area (TPSA) is 96.0 Å². The van der Waals surface area contributed by atoms with E-state index in [0.29, 0.717) is 51.4 Å². The maximum absolute atomic E-state index is 12.7. The Labute approximate surface area is 181 Å². The van der Waals surface area contributed by atoms with Crippen LogP contribution < -0.4 is 10.2 Å². The second-order valence-corrected chi connectivity index (χ2v) is 9.48. The first-order valence-corrected chi connectivity index (χ1v) is 11.7. The zero-order chi connectivity index (χ0) is 21.8. The van der Waals surface area contributed by atoms with Gasteiger partial charge in [-0.25, -0.2) is 8.42 Å². The number of nitrogens with zero attached hydrogens (tertiary/aromatic N) is 2. The van der Waals surface area contributed by atoms with Gasteiger partial charge >= 0.3 is 0 Å². The van der Waals surface area contributed by atoms with Gasteiger partial charge in [-0.3, -0.25) is 9.59 Å². The van der Waals surface area contributed by atoms with Crippen molar-refractivity contribution in [3.63, 3.8) is 0 Å². The third kappa shape index (κ3) is 4.79. The molecule has 0 radical (unpaired) electrons. The predicted octanol–water partition coefficient (Wildman–Crippen LogP) is 1.76. The predicted molar refractivity (Wildman–Crippen MR) is 115 cm³/mol. The smallest absolute Gasteiger partial charge is 0.251 e. The number of carbonyl (C=O) groups excluding carboxylic acids is 2. The van der Waals surface area contributed by atoms with Crippen LogP contribution in [-0.2, 0) is 26.1 Å². The van der Waals surface area contributed by atoms with Crippen molar-refractivity contribution in [3.8, 4) is 0 Å². The largest absolute Gasteiger partial charge is 0.379 e. The van der Waals surface area contributed by atoms with Gasteiger partial charge in [0.15, 0.2) is 0 Å². The summed E-state index contributed by atoms with van der Waals surface area (Å²) in [6.45, 7) is 2.44. The van der Waals surface area contributed by atoms with Crippen LogP contribution in [0.1, 0.15) is 28.8 Å². The molecule has 8 nitrogen and oxygen atoms in total. The molecule has 0 unspecified atom stereocenters. The molecule has 2 amide bonds. The van der Waals surface area contributed by atoms with E-state index in [2.05, 4.69) is 5.32 Å². The van der Waals surface area contributed by atoms with Crippen LogP contribution in [0.25, 0.3) is 0 Å². The Hall–Kier alpha value is -2.75. The highest BCUT2D eigenvalue weighted by Gasteiger charge is 2.26. The zero-order valence-corrected chi connectivity index (χ0v) is 17.9. The van der Waals surface area contributed by atoms with E-state index in [9.17, 15) is 18.0 Å². The van der Waals surface area contributed by atoms with E-state index in [1.54, 1.807) is 4.90 Å². The summed E-state index contributed by atoms with van der Waals surface area (Å²) in [6, 6.07) is 13.5. The minimum atomic E-state index is -3.59. The molecule has 0 spiro atoms. The lowest BCUT2D eigenvalue weighted by Gasteiger charge is -2.26. The molecule has 2 aromatic carbocycles. The summed E-state index contributed by atoms with van der Waals surface area (Å²) in [5.41, 5.74) is 2.11. The maximum Gasteiger partial charge on any atom is 0.251 e. The van der Waals surface area contributed by atoms with Crippen LogP contribution in [0.15, 0.2) is 53.4 Å². The van der Waals surface area contributed by atoms with E-state index in [1.165, 1.54) is 28.6 Å². The summed E-state index contributed by atoms with van der Waals surface area (Å²) >= 11 is 0. The fraction of sp³-hybridized carbons (Fsp3) is 0.364. The Morgan fingerprint density at radius 3 is 2.45 bits per heavy atom. The van der Waals surface area contributed by atoms with Crippen molar-refractivity contribution in [1.29, 1.82) is 0 Å². The van der Waals surface area contributed by atoms with Gasteiger partial charge in [0, 0.05) is 43.9 Å². The third-order valence-electron chi connectivity index (χ3n) is 5.47. The average Bonchev–Trinajstić information content (AvgIpc) is 3.24. The van der Waals surface area contributed by atoms with Crippen molar-refractivity contribution in [1.82, 2.24) is 9.62 Å². The van der Waals surface area contributed by atoms with Crippen LogP contribution in [0.4, 0.5) is 5.69 Å². The summed E-state index contributed by atoms with van der Waals surface area (Å²) in [5.74, 6) is -0.175. The molecule has 0 bridgehead atoms. The highest BCUT2D eigenvalue weighted by Crippen LogP contribution is 2.22. The number of carbonyl (C=O) groups is 2. The van der Waals surface area contributed by atoms with Gasteiger partial charge < -0.3 is 15.0 Å². The van der Waals surface area contributed by atoms with Crippen molar-refractivity contribution in [2.75, 3.05) is 37.7 Å². The Kier molecular flexibility index (Phi) is 6.35. The van der Waals surface area contributed by atoms with Gasteiger partial charge in [0.2, 0.25) is 15.9 Å². The number of benzene rings is 2. The fourth-order valence-electron chi connectivity index (χ4n) is 3.75. The van der Waals surface area contributed by atoms with E-state index in [-0.39, 0.29) is 16.7 Å². The monoisotopic (exact) mass is 443 g/mol. The lowest BCUT2D eigenvalue weighted by molar-refractivity contribution is -0.117.